The molecular formula is C22H39IN4O2. The number of aliphatic imine (C=N–C) groups is 1. The number of unbranched alkanes of at least 4 members (excludes halogenated alkanes) is 1. The molecule has 1 fully saturated rings. The average Bonchev–Trinajstić information content (AvgIpc) is 3.24. The van der Waals surface area contributed by atoms with E-state index < -0.39 is 0 Å². The summed E-state index contributed by atoms with van der Waals surface area (Å²) in [7, 11) is 2.15. The van der Waals surface area contributed by atoms with Crippen molar-refractivity contribution < 1.29 is 9.47 Å². The van der Waals surface area contributed by atoms with Gasteiger partial charge >= 0.3 is 0 Å². The van der Waals surface area contributed by atoms with Gasteiger partial charge in [0.05, 0.1) is 12.7 Å². The van der Waals surface area contributed by atoms with Crippen LogP contribution in [0, 0.1) is 0 Å². The molecule has 7 heteroatoms. The van der Waals surface area contributed by atoms with E-state index in [1.165, 1.54) is 12.1 Å². The van der Waals surface area contributed by atoms with Gasteiger partial charge in [0, 0.05) is 52.1 Å². The van der Waals surface area contributed by atoms with Crippen LogP contribution in [0.3, 0.4) is 0 Å². The highest BCUT2D eigenvalue weighted by Gasteiger charge is 2.14. The monoisotopic (exact) mass is 518 g/mol. The van der Waals surface area contributed by atoms with Crippen molar-refractivity contribution in [3.05, 3.63) is 30.3 Å². The Bertz CT molecular complexity index is 539. The van der Waals surface area contributed by atoms with Gasteiger partial charge in [0.1, 0.15) is 0 Å². The summed E-state index contributed by atoms with van der Waals surface area (Å²) in [5, 5.41) is 6.74. The van der Waals surface area contributed by atoms with E-state index in [2.05, 4.69) is 64.8 Å². The Balaban J connectivity index is 0.00000420. The van der Waals surface area contributed by atoms with Crippen LogP contribution in [0.15, 0.2) is 35.3 Å². The molecule has 6 nitrogen and oxygen atoms in total. The van der Waals surface area contributed by atoms with Crippen LogP contribution in [-0.2, 0) is 9.47 Å². The Morgan fingerprint density at radius 2 is 2.03 bits per heavy atom. The second kappa shape index (κ2) is 16.7. The van der Waals surface area contributed by atoms with Crippen LogP contribution in [0.5, 0.6) is 0 Å². The molecule has 1 unspecified atom stereocenters. The van der Waals surface area contributed by atoms with Gasteiger partial charge < -0.3 is 25.0 Å². The van der Waals surface area contributed by atoms with Gasteiger partial charge in [-0.3, -0.25) is 4.99 Å². The van der Waals surface area contributed by atoms with E-state index in [0.717, 1.165) is 77.6 Å². The number of halogens is 1. The van der Waals surface area contributed by atoms with E-state index in [9.17, 15) is 0 Å². The van der Waals surface area contributed by atoms with E-state index in [1.54, 1.807) is 0 Å². The van der Waals surface area contributed by atoms with E-state index in [4.69, 9.17) is 9.47 Å². The first-order valence-corrected chi connectivity index (χ1v) is 10.8. The van der Waals surface area contributed by atoms with E-state index in [1.807, 2.05) is 0 Å². The molecule has 0 radical (unpaired) electrons. The highest BCUT2D eigenvalue weighted by Crippen LogP contribution is 2.12. The van der Waals surface area contributed by atoms with Gasteiger partial charge in [-0.1, -0.05) is 18.2 Å². The number of guanidine groups is 1. The largest absolute Gasteiger partial charge is 0.379 e. The van der Waals surface area contributed by atoms with Crippen LogP contribution in [0.1, 0.15) is 39.0 Å². The minimum absolute atomic E-state index is 0. The minimum atomic E-state index is 0. The van der Waals surface area contributed by atoms with Crippen LogP contribution in [-0.4, -0.2) is 65.1 Å². The van der Waals surface area contributed by atoms with Crippen LogP contribution in [0.2, 0.25) is 0 Å². The third-order valence-corrected chi connectivity index (χ3v) is 4.80. The third kappa shape index (κ3) is 11.6. The summed E-state index contributed by atoms with van der Waals surface area (Å²) in [4.78, 5) is 6.94. The second-order valence-corrected chi connectivity index (χ2v) is 7.22. The summed E-state index contributed by atoms with van der Waals surface area (Å²) in [5.74, 6) is 0.901. The number of ether oxygens (including phenoxy) is 2. The number of benzene rings is 1. The first kappa shape index (κ1) is 26.0. The van der Waals surface area contributed by atoms with Crippen molar-refractivity contribution in [2.45, 2.75) is 45.1 Å². The molecule has 2 N–H and O–H groups in total. The fourth-order valence-electron chi connectivity index (χ4n) is 3.18. The fraction of sp³-hybridized carbons (Fsp3) is 0.682. The van der Waals surface area contributed by atoms with Gasteiger partial charge in [-0.05, 0) is 51.2 Å². The molecular weight excluding hydrogens is 479 g/mol. The predicted molar refractivity (Wildman–Crippen MR) is 133 cm³/mol. The zero-order valence-electron chi connectivity index (χ0n) is 18.1. The van der Waals surface area contributed by atoms with Crippen LogP contribution in [0.4, 0.5) is 5.69 Å². The van der Waals surface area contributed by atoms with E-state index in [0.29, 0.717) is 6.10 Å². The molecule has 0 amide bonds. The summed E-state index contributed by atoms with van der Waals surface area (Å²) >= 11 is 0. The van der Waals surface area contributed by atoms with Crippen LogP contribution < -0.4 is 15.5 Å². The van der Waals surface area contributed by atoms with Crippen molar-refractivity contribution in [3.8, 4) is 0 Å². The Morgan fingerprint density at radius 1 is 1.21 bits per heavy atom. The number of anilines is 1. The molecule has 0 saturated carbocycles. The van der Waals surface area contributed by atoms with Crippen molar-refractivity contribution in [3.63, 3.8) is 0 Å². The normalized spacial score (nSPS) is 16.3. The molecule has 1 aliphatic rings. The summed E-state index contributed by atoms with van der Waals surface area (Å²) in [6.07, 6.45) is 5.81. The molecule has 1 aromatic rings. The van der Waals surface area contributed by atoms with Gasteiger partial charge in [-0.25, -0.2) is 0 Å². The van der Waals surface area contributed by atoms with Crippen molar-refractivity contribution in [1.29, 1.82) is 0 Å². The van der Waals surface area contributed by atoms with Crippen molar-refractivity contribution >= 4 is 35.6 Å². The lowest BCUT2D eigenvalue weighted by Gasteiger charge is -2.19. The molecule has 1 atom stereocenters. The lowest BCUT2D eigenvalue weighted by molar-refractivity contribution is 0.0171. The summed E-state index contributed by atoms with van der Waals surface area (Å²) in [6, 6.07) is 10.5. The number of nitrogens with zero attached hydrogens (tertiary/aromatic N) is 2. The number of rotatable bonds is 13. The number of nitrogens with one attached hydrogen (secondary N) is 2. The van der Waals surface area contributed by atoms with Crippen LogP contribution in [0.25, 0.3) is 0 Å². The second-order valence-electron chi connectivity index (χ2n) is 7.22. The molecule has 166 valence electrons. The molecule has 0 spiro atoms. The quantitative estimate of drug-likeness (QED) is 0.181. The molecule has 2 rings (SSSR count). The standard InChI is InChI=1S/C22H38N4O2.HI/c1-3-23-22(25-15-10-17-27-19-21-13-9-18-28-21)24-14-7-8-16-26(2)20-11-5-4-6-12-20;/h4-6,11-12,21H,3,7-10,13-19H2,1-2H3,(H2,23,24,25);1H. The van der Waals surface area contributed by atoms with E-state index in [-0.39, 0.29) is 24.0 Å². The molecule has 1 heterocycles. The van der Waals surface area contributed by atoms with Crippen molar-refractivity contribution in [2.24, 2.45) is 4.99 Å². The van der Waals surface area contributed by atoms with Gasteiger partial charge in [0.15, 0.2) is 5.96 Å². The minimum Gasteiger partial charge on any atom is -0.379 e. The Morgan fingerprint density at radius 3 is 2.76 bits per heavy atom. The van der Waals surface area contributed by atoms with Crippen molar-refractivity contribution in [1.82, 2.24) is 10.6 Å². The molecule has 0 bridgehead atoms. The average molecular weight is 518 g/mol. The molecule has 0 aromatic heterocycles. The maximum Gasteiger partial charge on any atom is 0.191 e. The molecule has 29 heavy (non-hydrogen) atoms. The fourth-order valence-corrected chi connectivity index (χ4v) is 3.18. The summed E-state index contributed by atoms with van der Waals surface area (Å²) < 4.78 is 11.2. The molecule has 0 aliphatic carbocycles. The number of hydrogen-bond donors (Lipinski definition) is 2. The third-order valence-electron chi connectivity index (χ3n) is 4.80. The summed E-state index contributed by atoms with van der Waals surface area (Å²) in [5.41, 5.74) is 1.27. The zero-order valence-corrected chi connectivity index (χ0v) is 20.4. The lowest BCUT2D eigenvalue weighted by atomic mass is 10.2. The SMILES string of the molecule is CCNC(=NCCCOCC1CCCO1)NCCCCN(C)c1ccccc1.I. The summed E-state index contributed by atoms with van der Waals surface area (Å²) in [6.45, 7) is 8.09. The maximum absolute atomic E-state index is 5.69. The molecule has 1 saturated heterocycles. The maximum atomic E-state index is 5.69. The van der Waals surface area contributed by atoms with Crippen molar-refractivity contribution in [2.75, 3.05) is 57.9 Å². The number of para-hydroxylation sites is 1. The highest BCUT2D eigenvalue weighted by atomic mass is 127. The predicted octanol–water partition coefficient (Wildman–Crippen LogP) is 3.66. The lowest BCUT2D eigenvalue weighted by Crippen LogP contribution is -2.38. The van der Waals surface area contributed by atoms with Gasteiger partial charge in [-0.15, -0.1) is 24.0 Å². The first-order chi connectivity index (χ1) is 13.8. The highest BCUT2D eigenvalue weighted by molar-refractivity contribution is 14.0. The molecule has 1 aromatic carbocycles. The first-order valence-electron chi connectivity index (χ1n) is 10.8. The van der Waals surface area contributed by atoms with Gasteiger partial charge in [-0.2, -0.15) is 0 Å². The number of hydrogen-bond acceptors (Lipinski definition) is 4. The Labute approximate surface area is 193 Å². The van der Waals surface area contributed by atoms with E-state index >= 15 is 0 Å². The zero-order chi connectivity index (χ0) is 19.9. The smallest absolute Gasteiger partial charge is 0.191 e. The Kier molecular flexibility index (Phi) is 15.0. The topological polar surface area (TPSA) is 58.1 Å². The van der Waals surface area contributed by atoms with Gasteiger partial charge in [0.25, 0.3) is 0 Å². The molecule has 1 aliphatic heterocycles. The van der Waals surface area contributed by atoms with Crippen LogP contribution >= 0.6 is 24.0 Å². The van der Waals surface area contributed by atoms with Gasteiger partial charge in [0.2, 0.25) is 0 Å². The Hall–Kier alpha value is -1.06.